The molecule has 0 radical (unpaired) electrons. The molecule has 126 valence electrons. The normalized spacial score (nSPS) is 13.0. The number of alkyl halides is 4. The predicted octanol–water partition coefficient (Wildman–Crippen LogP) is 0.291. The number of rotatable bonds is 2. The third kappa shape index (κ3) is 15.5. The van der Waals surface area contributed by atoms with E-state index in [2.05, 4.69) is 0 Å². The topological polar surface area (TPSA) is 149 Å². The summed E-state index contributed by atoms with van der Waals surface area (Å²) in [6, 6.07) is 0. The van der Waals surface area contributed by atoms with Crippen LogP contribution in [0.3, 0.4) is 0 Å². The number of hydrogen-bond acceptors (Lipinski definition) is 6. The summed E-state index contributed by atoms with van der Waals surface area (Å²) in [4.78, 5) is 0. The fourth-order valence-electron chi connectivity index (χ4n) is 0. The average Bonchev–Trinajstić information content (AvgIpc) is 1.94. The predicted molar refractivity (Wildman–Crippen MR) is 58.2 cm³/mol. The van der Waals surface area contributed by atoms with Gasteiger partial charge in [0, 0.05) is 13.8 Å². The van der Waals surface area contributed by atoms with Gasteiger partial charge < -0.3 is 10.2 Å². The summed E-state index contributed by atoms with van der Waals surface area (Å²) in [5, 5.41) is 7.15. The summed E-state index contributed by atoms with van der Waals surface area (Å²) >= 11 is 0. The third-order valence-corrected chi connectivity index (χ3v) is 2.72. The van der Waals surface area contributed by atoms with Crippen molar-refractivity contribution in [3.63, 3.8) is 0 Å². The molecule has 0 spiro atoms. The lowest BCUT2D eigenvalue weighted by molar-refractivity contribution is -0.0228. The van der Waals surface area contributed by atoms with Crippen molar-refractivity contribution in [1.82, 2.24) is 0 Å². The molecule has 14 heteroatoms. The molecular weight excluding hydrogens is 340 g/mol. The van der Waals surface area contributed by atoms with E-state index in [0.29, 0.717) is 0 Å². The Labute approximate surface area is 112 Å². The van der Waals surface area contributed by atoms with Crippen LogP contribution < -0.4 is 0 Å². The van der Waals surface area contributed by atoms with Gasteiger partial charge in [-0.25, -0.2) is 0 Å². The molecule has 0 aromatic rings. The van der Waals surface area contributed by atoms with Gasteiger partial charge in [0.05, 0.1) is 0 Å². The van der Waals surface area contributed by atoms with Crippen LogP contribution in [0, 0.1) is 0 Å². The quantitative estimate of drug-likeness (QED) is 0.314. The van der Waals surface area contributed by atoms with Gasteiger partial charge >= 0.3 is 30.7 Å². The molecule has 0 amide bonds. The maximum absolute atomic E-state index is 11.4. The van der Waals surface area contributed by atoms with Crippen LogP contribution in [-0.4, -0.2) is 53.0 Å². The van der Waals surface area contributed by atoms with Crippen LogP contribution in [0.25, 0.3) is 0 Å². The summed E-state index contributed by atoms with van der Waals surface area (Å²) < 4.78 is 98.6. The second-order valence-electron chi connectivity index (χ2n) is 3.20. The molecule has 0 aromatic carbocycles. The highest BCUT2D eigenvalue weighted by molar-refractivity contribution is 7.87. The smallest absolute Gasteiger partial charge is 0.367 e. The summed E-state index contributed by atoms with van der Waals surface area (Å²) in [5.74, 6) is 0. The number of hydrogen-bond donors (Lipinski definition) is 4. The van der Waals surface area contributed by atoms with Gasteiger partial charge in [0.15, 0.2) is 0 Å². The number of aliphatic hydroxyl groups excluding tert-OH is 1. The van der Waals surface area contributed by atoms with Gasteiger partial charge in [-0.05, 0) is 6.92 Å². The van der Waals surface area contributed by atoms with Crippen molar-refractivity contribution < 1.29 is 53.7 Å². The molecule has 0 bridgehead atoms. The SMILES string of the molecule is CC(F)(F)S(=O)(=O)O.CC(F)(F)S(=O)(=O)O.CC(O)O. The molecule has 0 aliphatic heterocycles. The van der Waals surface area contributed by atoms with Crippen LogP contribution >= 0.6 is 0 Å². The molecule has 0 fully saturated rings. The van der Waals surface area contributed by atoms with E-state index in [1.165, 1.54) is 6.92 Å². The first-order valence-electron chi connectivity index (χ1n) is 4.29. The molecule has 0 aromatic heterocycles. The highest BCUT2D eigenvalue weighted by atomic mass is 32.2. The fraction of sp³-hybridized carbons (Fsp3) is 1.00. The number of halogens is 4. The van der Waals surface area contributed by atoms with Gasteiger partial charge in [-0.1, -0.05) is 0 Å². The van der Waals surface area contributed by atoms with Crippen molar-refractivity contribution in [1.29, 1.82) is 0 Å². The maximum atomic E-state index is 11.4. The minimum absolute atomic E-state index is 0.0995. The number of aliphatic hydroxyl groups is 2. The van der Waals surface area contributed by atoms with E-state index in [1.54, 1.807) is 0 Å². The summed E-state index contributed by atoms with van der Waals surface area (Å²) in [6.45, 7) is 1.48. The first-order valence-corrected chi connectivity index (χ1v) is 7.17. The zero-order chi connectivity index (χ0) is 17.6. The van der Waals surface area contributed by atoms with Crippen LogP contribution in [0.5, 0.6) is 0 Å². The molecular formula is C6H14F4O8S2. The highest BCUT2D eigenvalue weighted by Gasteiger charge is 2.37. The van der Waals surface area contributed by atoms with Gasteiger partial charge in [0.25, 0.3) is 0 Å². The maximum Gasteiger partial charge on any atom is 0.367 e. The Morgan fingerprint density at radius 3 is 0.850 bits per heavy atom. The monoisotopic (exact) mass is 354 g/mol. The van der Waals surface area contributed by atoms with Crippen LogP contribution in [0.1, 0.15) is 20.8 Å². The van der Waals surface area contributed by atoms with Gasteiger partial charge in [0.2, 0.25) is 0 Å². The van der Waals surface area contributed by atoms with Gasteiger partial charge in [-0.2, -0.15) is 34.4 Å². The average molecular weight is 354 g/mol. The van der Waals surface area contributed by atoms with Crippen molar-refractivity contribution in [2.24, 2.45) is 0 Å². The summed E-state index contributed by atoms with van der Waals surface area (Å²) in [7, 11) is -10.3. The van der Waals surface area contributed by atoms with Crippen LogP contribution in [0.4, 0.5) is 17.6 Å². The highest BCUT2D eigenvalue weighted by Crippen LogP contribution is 2.18. The molecule has 8 nitrogen and oxygen atoms in total. The molecule has 0 aliphatic carbocycles. The minimum Gasteiger partial charge on any atom is -0.368 e. The van der Waals surface area contributed by atoms with E-state index >= 15 is 0 Å². The Morgan fingerprint density at radius 2 is 0.850 bits per heavy atom. The summed E-state index contributed by atoms with van der Waals surface area (Å²) in [5.41, 5.74) is 0. The van der Waals surface area contributed by atoms with E-state index in [-0.39, 0.29) is 13.8 Å². The van der Waals surface area contributed by atoms with E-state index < -0.39 is 37.0 Å². The van der Waals surface area contributed by atoms with Crippen LogP contribution in [0.2, 0.25) is 0 Å². The second-order valence-corrected chi connectivity index (χ2v) is 6.53. The van der Waals surface area contributed by atoms with Crippen molar-refractivity contribution >= 4 is 20.2 Å². The van der Waals surface area contributed by atoms with E-state index in [4.69, 9.17) is 19.3 Å². The molecule has 0 aliphatic rings. The largest absolute Gasteiger partial charge is 0.368 e. The Morgan fingerprint density at radius 1 is 0.800 bits per heavy atom. The zero-order valence-electron chi connectivity index (χ0n) is 10.3. The first-order chi connectivity index (χ1) is 8.23. The van der Waals surface area contributed by atoms with Crippen LogP contribution in [0.15, 0.2) is 0 Å². The standard InChI is InChI=1S/2C2H4F2O3S.C2H6O2/c2*1-2(3,4)8(5,6)7;1-2(3)4/h2*1H3,(H,5,6,7);2-4H,1H3. The van der Waals surface area contributed by atoms with Crippen molar-refractivity contribution in [2.45, 2.75) is 37.6 Å². The van der Waals surface area contributed by atoms with Crippen molar-refractivity contribution in [3.8, 4) is 0 Å². The molecule has 0 heterocycles. The van der Waals surface area contributed by atoms with Crippen LogP contribution in [-0.2, 0) is 20.2 Å². The van der Waals surface area contributed by atoms with E-state index in [9.17, 15) is 34.4 Å². The second kappa shape index (κ2) is 8.04. The lowest BCUT2D eigenvalue weighted by Crippen LogP contribution is -2.23. The van der Waals surface area contributed by atoms with Crippen molar-refractivity contribution in [2.75, 3.05) is 0 Å². The Kier molecular flexibility index (Phi) is 9.84. The molecule has 0 saturated carbocycles. The molecule has 0 unspecified atom stereocenters. The third-order valence-electron chi connectivity index (χ3n) is 0.906. The van der Waals surface area contributed by atoms with Gasteiger partial charge in [-0.3, -0.25) is 9.11 Å². The van der Waals surface area contributed by atoms with Crippen molar-refractivity contribution in [3.05, 3.63) is 0 Å². The molecule has 20 heavy (non-hydrogen) atoms. The van der Waals surface area contributed by atoms with Gasteiger partial charge in [-0.15, -0.1) is 0 Å². The molecule has 4 N–H and O–H groups in total. The minimum atomic E-state index is -5.17. The van der Waals surface area contributed by atoms with Gasteiger partial charge in [0.1, 0.15) is 6.29 Å². The molecule has 0 atom stereocenters. The molecule has 0 rings (SSSR count). The molecule has 0 saturated heterocycles. The lowest BCUT2D eigenvalue weighted by Gasteiger charge is -2.02. The fourth-order valence-corrected chi connectivity index (χ4v) is 0. The first kappa shape index (κ1) is 24.5. The lowest BCUT2D eigenvalue weighted by atomic mass is 10.8. The Hall–Kier alpha value is -0.540. The zero-order valence-corrected chi connectivity index (χ0v) is 12.0. The summed E-state index contributed by atoms with van der Waals surface area (Å²) in [6.07, 6.45) is -1.17. The Balaban J connectivity index is -0.000000230. The van der Waals surface area contributed by atoms with E-state index in [1.807, 2.05) is 0 Å². The Bertz CT molecular complexity index is 413. The van der Waals surface area contributed by atoms with E-state index in [0.717, 1.165) is 0 Å².